The van der Waals surface area contributed by atoms with Crippen LogP contribution < -0.4 is 5.32 Å². The average molecular weight is 244 g/mol. The number of methoxy groups -OCH3 is 1. The molecule has 1 rings (SSSR count). The lowest BCUT2D eigenvalue weighted by atomic mass is 10.2. The Morgan fingerprint density at radius 1 is 1.56 bits per heavy atom. The molecule has 0 spiro atoms. The third-order valence-corrected chi connectivity index (χ3v) is 2.42. The van der Waals surface area contributed by atoms with Gasteiger partial charge in [0, 0.05) is 18.7 Å². The fourth-order valence-electron chi connectivity index (χ4n) is 1.22. The van der Waals surface area contributed by atoms with Crippen molar-refractivity contribution in [2.45, 2.75) is 13.0 Å². The van der Waals surface area contributed by atoms with Crippen LogP contribution in [0.5, 0.6) is 5.75 Å². The summed E-state index contributed by atoms with van der Waals surface area (Å²) in [5.41, 5.74) is 0.706. The molecule has 1 aromatic carbocycles. The first-order valence-electron chi connectivity index (χ1n) is 4.89. The molecule has 1 aromatic rings. The van der Waals surface area contributed by atoms with Gasteiger partial charge in [-0.25, -0.2) is 0 Å². The van der Waals surface area contributed by atoms with E-state index in [0.717, 1.165) is 0 Å². The smallest absolute Gasteiger partial charge is 0.306 e. The predicted octanol–water partition coefficient (Wildman–Crippen LogP) is 1.70. The van der Waals surface area contributed by atoms with Crippen LogP contribution in [-0.2, 0) is 16.1 Å². The molecule has 0 aliphatic rings. The molecule has 0 fully saturated rings. The van der Waals surface area contributed by atoms with Crippen molar-refractivity contribution < 1.29 is 14.6 Å². The minimum absolute atomic E-state index is 0.0785. The summed E-state index contributed by atoms with van der Waals surface area (Å²) in [7, 11) is 1.35. The molecule has 0 saturated carbocycles. The highest BCUT2D eigenvalue weighted by Gasteiger charge is 2.05. The Kier molecular flexibility index (Phi) is 5.08. The molecule has 0 aliphatic heterocycles. The van der Waals surface area contributed by atoms with E-state index in [9.17, 15) is 9.90 Å². The van der Waals surface area contributed by atoms with E-state index < -0.39 is 0 Å². The number of nitrogens with one attached hydrogen (secondary N) is 1. The van der Waals surface area contributed by atoms with Gasteiger partial charge in [-0.3, -0.25) is 4.79 Å². The highest BCUT2D eigenvalue weighted by molar-refractivity contribution is 6.32. The molecule has 88 valence electrons. The van der Waals surface area contributed by atoms with E-state index in [1.807, 2.05) is 0 Å². The zero-order chi connectivity index (χ0) is 12.0. The first kappa shape index (κ1) is 12.8. The predicted molar refractivity (Wildman–Crippen MR) is 61.5 cm³/mol. The van der Waals surface area contributed by atoms with Crippen LogP contribution in [-0.4, -0.2) is 24.7 Å². The molecule has 0 unspecified atom stereocenters. The van der Waals surface area contributed by atoms with Gasteiger partial charge in [0.15, 0.2) is 0 Å². The Morgan fingerprint density at radius 3 is 3.00 bits per heavy atom. The summed E-state index contributed by atoms with van der Waals surface area (Å²) in [5.74, 6) is -0.183. The summed E-state index contributed by atoms with van der Waals surface area (Å²) in [6.45, 7) is 0.960. The number of ether oxygens (including phenoxy) is 1. The van der Waals surface area contributed by atoms with Crippen molar-refractivity contribution in [3.8, 4) is 5.75 Å². The number of hydrogen-bond acceptors (Lipinski definition) is 4. The minimum Gasteiger partial charge on any atom is -0.506 e. The Balaban J connectivity index is 2.38. The van der Waals surface area contributed by atoms with Gasteiger partial charge in [0.25, 0.3) is 0 Å². The SMILES string of the molecule is COC(=O)CCNCc1cccc(Cl)c1O. The largest absolute Gasteiger partial charge is 0.506 e. The van der Waals surface area contributed by atoms with Crippen molar-refractivity contribution in [3.05, 3.63) is 28.8 Å². The summed E-state index contributed by atoms with van der Waals surface area (Å²) in [6, 6.07) is 5.15. The molecule has 0 heterocycles. The van der Waals surface area contributed by atoms with Crippen LogP contribution in [0.2, 0.25) is 5.02 Å². The van der Waals surface area contributed by atoms with Gasteiger partial charge in [-0.05, 0) is 6.07 Å². The number of hydrogen-bond donors (Lipinski definition) is 2. The third-order valence-electron chi connectivity index (χ3n) is 2.12. The van der Waals surface area contributed by atoms with Crippen LogP contribution in [0.15, 0.2) is 18.2 Å². The number of phenols is 1. The van der Waals surface area contributed by atoms with Gasteiger partial charge in [0.1, 0.15) is 5.75 Å². The van der Waals surface area contributed by atoms with Crippen LogP contribution in [0.3, 0.4) is 0 Å². The zero-order valence-electron chi connectivity index (χ0n) is 9.00. The third kappa shape index (κ3) is 3.72. The molecular formula is C11H14ClNO3. The maximum Gasteiger partial charge on any atom is 0.306 e. The number of carbonyl (C=O) groups is 1. The van der Waals surface area contributed by atoms with Gasteiger partial charge >= 0.3 is 5.97 Å². The molecule has 0 radical (unpaired) electrons. The lowest BCUT2D eigenvalue weighted by molar-refractivity contribution is -0.140. The molecule has 2 N–H and O–H groups in total. The van der Waals surface area contributed by atoms with Crippen molar-refractivity contribution >= 4 is 17.6 Å². The Labute approximate surface area is 99.2 Å². The van der Waals surface area contributed by atoms with Crippen molar-refractivity contribution in [2.75, 3.05) is 13.7 Å². The standard InChI is InChI=1S/C11H14ClNO3/c1-16-10(14)5-6-13-7-8-3-2-4-9(12)11(8)15/h2-4,13,15H,5-7H2,1H3. The zero-order valence-corrected chi connectivity index (χ0v) is 9.75. The molecule has 5 heteroatoms. The van der Waals surface area contributed by atoms with Gasteiger partial charge in [0.05, 0.1) is 18.6 Å². The first-order chi connectivity index (χ1) is 7.65. The highest BCUT2D eigenvalue weighted by atomic mass is 35.5. The number of carbonyl (C=O) groups excluding carboxylic acids is 1. The van der Waals surface area contributed by atoms with Crippen LogP contribution in [0.1, 0.15) is 12.0 Å². The summed E-state index contributed by atoms with van der Waals surface area (Å²) in [5, 5.41) is 12.9. The average Bonchev–Trinajstić information content (AvgIpc) is 2.29. The monoisotopic (exact) mass is 243 g/mol. The number of phenolic OH excluding ortho intramolecular Hbond substituents is 1. The molecule has 16 heavy (non-hydrogen) atoms. The number of para-hydroxylation sites is 1. The maximum atomic E-state index is 10.8. The lowest BCUT2D eigenvalue weighted by Crippen LogP contribution is -2.18. The first-order valence-corrected chi connectivity index (χ1v) is 5.27. The van der Waals surface area contributed by atoms with E-state index in [1.165, 1.54) is 7.11 Å². The number of halogens is 1. The van der Waals surface area contributed by atoms with Crippen molar-refractivity contribution in [1.29, 1.82) is 0 Å². The fourth-order valence-corrected chi connectivity index (χ4v) is 1.41. The second-order valence-corrected chi connectivity index (χ2v) is 3.66. The Morgan fingerprint density at radius 2 is 2.31 bits per heavy atom. The number of esters is 1. The number of benzene rings is 1. The number of aromatic hydroxyl groups is 1. The maximum absolute atomic E-state index is 10.8. The topological polar surface area (TPSA) is 58.6 Å². The molecule has 0 saturated heterocycles. The second kappa shape index (κ2) is 6.35. The molecular weight excluding hydrogens is 230 g/mol. The van der Waals surface area contributed by atoms with Crippen LogP contribution >= 0.6 is 11.6 Å². The fraction of sp³-hybridized carbons (Fsp3) is 0.364. The lowest BCUT2D eigenvalue weighted by Gasteiger charge is -2.07. The van der Waals surface area contributed by atoms with Crippen molar-refractivity contribution in [1.82, 2.24) is 5.32 Å². The minimum atomic E-state index is -0.261. The van der Waals surface area contributed by atoms with Gasteiger partial charge in [-0.2, -0.15) is 0 Å². The van der Waals surface area contributed by atoms with E-state index in [0.29, 0.717) is 30.1 Å². The molecule has 0 aromatic heterocycles. The summed E-state index contributed by atoms with van der Waals surface area (Å²) < 4.78 is 4.50. The Bertz CT molecular complexity index is 368. The van der Waals surface area contributed by atoms with Gasteiger partial charge in [-0.1, -0.05) is 23.7 Å². The van der Waals surface area contributed by atoms with Gasteiger partial charge < -0.3 is 15.2 Å². The Hall–Kier alpha value is -1.26. The number of rotatable bonds is 5. The molecule has 4 nitrogen and oxygen atoms in total. The van der Waals surface area contributed by atoms with Crippen molar-refractivity contribution in [2.24, 2.45) is 0 Å². The van der Waals surface area contributed by atoms with E-state index in [1.54, 1.807) is 18.2 Å². The van der Waals surface area contributed by atoms with Gasteiger partial charge in [-0.15, -0.1) is 0 Å². The van der Waals surface area contributed by atoms with E-state index in [4.69, 9.17) is 11.6 Å². The highest BCUT2D eigenvalue weighted by Crippen LogP contribution is 2.26. The molecule has 0 aliphatic carbocycles. The quantitative estimate of drug-likeness (QED) is 0.611. The molecule has 0 bridgehead atoms. The van der Waals surface area contributed by atoms with Crippen LogP contribution in [0.25, 0.3) is 0 Å². The molecule has 0 atom stereocenters. The van der Waals surface area contributed by atoms with Crippen molar-refractivity contribution in [3.63, 3.8) is 0 Å². The van der Waals surface area contributed by atoms with Crippen LogP contribution in [0.4, 0.5) is 0 Å². The van der Waals surface area contributed by atoms with E-state index in [2.05, 4.69) is 10.1 Å². The second-order valence-electron chi connectivity index (χ2n) is 3.25. The van der Waals surface area contributed by atoms with Gasteiger partial charge in [0.2, 0.25) is 0 Å². The normalized spacial score (nSPS) is 10.1. The van der Waals surface area contributed by atoms with E-state index >= 15 is 0 Å². The van der Waals surface area contributed by atoms with Crippen LogP contribution in [0, 0.1) is 0 Å². The van der Waals surface area contributed by atoms with E-state index in [-0.39, 0.29) is 11.7 Å². The molecule has 0 amide bonds. The summed E-state index contributed by atoms with van der Waals surface area (Å²) in [6.07, 6.45) is 0.303. The summed E-state index contributed by atoms with van der Waals surface area (Å²) in [4.78, 5) is 10.8. The summed E-state index contributed by atoms with van der Waals surface area (Å²) >= 11 is 5.75.